The van der Waals surface area contributed by atoms with Crippen molar-refractivity contribution in [1.29, 1.82) is 0 Å². The van der Waals surface area contributed by atoms with Crippen molar-refractivity contribution in [2.75, 3.05) is 6.79 Å². The molecule has 0 N–H and O–H groups in total. The van der Waals surface area contributed by atoms with Gasteiger partial charge in [-0.2, -0.15) is 0 Å². The minimum atomic E-state index is -0.309. The van der Waals surface area contributed by atoms with Gasteiger partial charge in [0.2, 0.25) is 0 Å². The Balaban J connectivity index is 1.82. The van der Waals surface area contributed by atoms with Crippen molar-refractivity contribution in [1.82, 2.24) is 0 Å². The van der Waals surface area contributed by atoms with E-state index in [4.69, 9.17) is 9.68 Å². The van der Waals surface area contributed by atoms with Gasteiger partial charge in [-0.3, -0.25) is 0 Å². The van der Waals surface area contributed by atoms with Gasteiger partial charge in [0.1, 0.15) is 11.6 Å². The average Bonchev–Trinajstić information content (AvgIpc) is 2.55. The minimum Gasteiger partial charge on any atom is -0.352 e. The Hall–Kier alpha value is -2.76. The lowest BCUT2D eigenvalue weighted by Gasteiger charge is -2.03. The zero-order valence-electron chi connectivity index (χ0n) is 12.8. The first-order valence-corrected chi connectivity index (χ1v) is 6.91. The van der Waals surface area contributed by atoms with E-state index in [0.29, 0.717) is 11.4 Å². The van der Waals surface area contributed by atoms with Gasteiger partial charge in [0, 0.05) is 0 Å². The van der Waals surface area contributed by atoms with Crippen LogP contribution in [0, 0.1) is 11.6 Å². The van der Waals surface area contributed by atoms with Gasteiger partial charge >= 0.3 is 0 Å². The van der Waals surface area contributed by atoms with Crippen LogP contribution in [0.4, 0.5) is 8.78 Å². The van der Waals surface area contributed by atoms with E-state index in [1.54, 1.807) is 38.1 Å². The van der Waals surface area contributed by atoms with Crippen LogP contribution in [0.2, 0.25) is 0 Å². The first-order valence-electron chi connectivity index (χ1n) is 6.91. The van der Waals surface area contributed by atoms with E-state index in [0.717, 1.165) is 11.1 Å². The SMILES string of the molecule is C/C(=N/OCO/N=C(/C)c1ccc(F)cc1)c1ccc(F)cc1. The molecule has 2 aromatic carbocycles. The minimum absolute atomic E-state index is 0.170. The summed E-state index contributed by atoms with van der Waals surface area (Å²) in [6, 6.07) is 11.8. The third kappa shape index (κ3) is 5.18. The highest BCUT2D eigenvalue weighted by atomic mass is 19.1. The van der Waals surface area contributed by atoms with Crippen molar-refractivity contribution < 1.29 is 18.5 Å². The lowest BCUT2D eigenvalue weighted by atomic mass is 10.1. The summed E-state index contributed by atoms with van der Waals surface area (Å²) in [6.45, 7) is 3.30. The molecule has 0 bridgehead atoms. The summed E-state index contributed by atoms with van der Waals surface area (Å²) in [6.07, 6.45) is 0. The molecule has 0 radical (unpaired) electrons. The Morgan fingerprint density at radius 2 is 1.09 bits per heavy atom. The first kappa shape index (κ1) is 16.6. The van der Waals surface area contributed by atoms with Gasteiger partial charge in [-0.1, -0.05) is 34.6 Å². The smallest absolute Gasteiger partial charge is 0.280 e. The predicted octanol–water partition coefficient (Wildman–Crippen LogP) is 4.10. The van der Waals surface area contributed by atoms with Crippen molar-refractivity contribution in [2.45, 2.75) is 13.8 Å². The van der Waals surface area contributed by atoms with Crippen LogP contribution in [0.5, 0.6) is 0 Å². The van der Waals surface area contributed by atoms with Crippen LogP contribution in [0.3, 0.4) is 0 Å². The van der Waals surface area contributed by atoms with E-state index in [1.807, 2.05) is 0 Å². The normalized spacial score (nSPS) is 12.2. The predicted molar refractivity (Wildman–Crippen MR) is 84.3 cm³/mol. The van der Waals surface area contributed by atoms with Crippen LogP contribution in [-0.4, -0.2) is 18.2 Å². The molecule has 0 saturated carbocycles. The summed E-state index contributed by atoms with van der Waals surface area (Å²) >= 11 is 0. The molecule has 0 aliphatic carbocycles. The van der Waals surface area contributed by atoms with Gasteiger partial charge in [0.05, 0.1) is 11.4 Å². The van der Waals surface area contributed by atoms with E-state index in [-0.39, 0.29) is 18.4 Å². The number of oxime groups is 2. The standard InChI is InChI=1S/C17H16F2N2O2/c1-12(14-3-7-16(18)8-4-14)20-22-11-23-21-13(2)15-5-9-17(19)10-6-15/h3-10H,11H2,1-2H3/b20-12-,21-13-. The van der Waals surface area contributed by atoms with Gasteiger partial charge in [-0.15, -0.1) is 0 Å². The molecule has 0 aromatic heterocycles. The lowest BCUT2D eigenvalue weighted by molar-refractivity contribution is -0.0505. The van der Waals surface area contributed by atoms with Gasteiger partial charge in [-0.05, 0) is 49.2 Å². The molecule has 0 atom stereocenters. The van der Waals surface area contributed by atoms with E-state index >= 15 is 0 Å². The van der Waals surface area contributed by atoms with Crippen molar-refractivity contribution in [3.05, 3.63) is 71.3 Å². The second kappa shape index (κ2) is 8.03. The molecule has 0 saturated heterocycles. The quantitative estimate of drug-likeness (QED) is 0.348. The first-order chi connectivity index (χ1) is 11.1. The Morgan fingerprint density at radius 3 is 1.43 bits per heavy atom. The molecule has 0 unspecified atom stereocenters. The summed E-state index contributed by atoms with van der Waals surface area (Å²) in [5.41, 5.74) is 2.68. The molecule has 23 heavy (non-hydrogen) atoms. The molecule has 0 amide bonds. The third-order valence-corrected chi connectivity index (χ3v) is 3.03. The zero-order chi connectivity index (χ0) is 16.7. The largest absolute Gasteiger partial charge is 0.352 e. The number of rotatable bonds is 6. The van der Waals surface area contributed by atoms with E-state index in [9.17, 15) is 8.78 Å². The van der Waals surface area contributed by atoms with Crippen molar-refractivity contribution in [2.24, 2.45) is 10.3 Å². The molecule has 0 aliphatic rings. The fourth-order valence-corrected chi connectivity index (χ4v) is 1.76. The number of nitrogens with zero attached hydrogens (tertiary/aromatic N) is 2. The van der Waals surface area contributed by atoms with Crippen LogP contribution in [0.1, 0.15) is 25.0 Å². The van der Waals surface area contributed by atoms with Crippen LogP contribution in [-0.2, 0) is 9.68 Å². The summed E-state index contributed by atoms with van der Waals surface area (Å²) in [7, 11) is 0. The second-order valence-corrected chi connectivity index (χ2v) is 4.74. The van der Waals surface area contributed by atoms with Gasteiger partial charge < -0.3 is 9.68 Å². The monoisotopic (exact) mass is 318 g/mol. The molecule has 4 nitrogen and oxygen atoms in total. The molecule has 0 spiro atoms. The van der Waals surface area contributed by atoms with Gasteiger partial charge in [0.15, 0.2) is 0 Å². The second-order valence-electron chi connectivity index (χ2n) is 4.74. The maximum absolute atomic E-state index is 12.8. The Bertz CT molecular complexity index is 634. The van der Waals surface area contributed by atoms with E-state index in [2.05, 4.69) is 10.3 Å². The van der Waals surface area contributed by atoms with Crippen LogP contribution < -0.4 is 0 Å². The summed E-state index contributed by atoms with van der Waals surface area (Å²) in [4.78, 5) is 9.98. The van der Waals surface area contributed by atoms with Gasteiger partial charge in [-0.25, -0.2) is 8.78 Å². The maximum Gasteiger partial charge on any atom is 0.280 e. The highest BCUT2D eigenvalue weighted by molar-refractivity contribution is 5.98. The average molecular weight is 318 g/mol. The zero-order valence-corrected chi connectivity index (χ0v) is 12.8. The lowest BCUT2D eigenvalue weighted by Crippen LogP contribution is -2.00. The number of halogens is 2. The Labute approximate surface area is 133 Å². The number of hydrogen-bond donors (Lipinski definition) is 0. The molecule has 0 fully saturated rings. The van der Waals surface area contributed by atoms with Crippen LogP contribution in [0.15, 0.2) is 58.8 Å². The fraction of sp³-hybridized carbons (Fsp3) is 0.176. The fourth-order valence-electron chi connectivity index (χ4n) is 1.76. The molecular weight excluding hydrogens is 302 g/mol. The highest BCUT2D eigenvalue weighted by Gasteiger charge is 2.00. The summed E-state index contributed by atoms with van der Waals surface area (Å²) in [5, 5.41) is 7.71. The molecule has 120 valence electrons. The van der Waals surface area contributed by atoms with Gasteiger partial charge in [0.25, 0.3) is 6.79 Å². The van der Waals surface area contributed by atoms with Crippen molar-refractivity contribution >= 4 is 11.4 Å². The Morgan fingerprint density at radius 1 is 0.739 bits per heavy atom. The molecule has 2 rings (SSSR count). The van der Waals surface area contributed by atoms with Crippen molar-refractivity contribution in [3.63, 3.8) is 0 Å². The number of hydrogen-bond acceptors (Lipinski definition) is 4. The molecule has 6 heteroatoms. The van der Waals surface area contributed by atoms with E-state index in [1.165, 1.54) is 24.3 Å². The number of benzene rings is 2. The summed E-state index contributed by atoms with van der Waals surface area (Å²) < 4.78 is 25.6. The highest BCUT2D eigenvalue weighted by Crippen LogP contribution is 2.06. The molecule has 0 heterocycles. The molecular formula is C17H16F2N2O2. The van der Waals surface area contributed by atoms with Crippen LogP contribution >= 0.6 is 0 Å². The molecule has 2 aromatic rings. The van der Waals surface area contributed by atoms with Crippen molar-refractivity contribution in [3.8, 4) is 0 Å². The molecule has 0 aliphatic heterocycles. The topological polar surface area (TPSA) is 43.2 Å². The van der Waals surface area contributed by atoms with Crippen LogP contribution in [0.25, 0.3) is 0 Å². The maximum atomic E-state index is 12.8. The Kier molecular flexibility index (Phi) is 5.80. The third-order valence-electron chi connectivity index (χ3n) is 3.03. The van der Waals surface area contributed by atoms with E-state index < -0.39 is 0 Å². The summed E-state index contributed by atoms with van der Waals surface area (Å²) in [5.74, 6) is -0.618.